The van der Waals surface area contributed by atoms with Gasteiger partial charge in [0, 0.05) is 37.2 Å². The summed E-state index contributed by atoms with van der Waals surface area (Å²) in [4.78, 5) is 39.4. The van der Waals surface area contributed by atoms with Crippen LogP contribution in [0.25, 0.3) is 0 Å². The van der Waals surface area contributed by atoms with E-state index in [9.17, 15) is 19.5 Å². The molecule has 1 aromatic carbocycles. The fraction of sp³-hybridized carbons (Fsp3) is 0.520. The summed E-state index contributed by atoms with van der Waals surface area (Å²) < 4.78 is 5.30. The van der Waals surface area contributed by atoms with E-state index in [1.165, 1.54) is 0 Å². The third kappa shape index (κ3) is 4.87. The molecule has 0 aromatic heterocycles. The molecule has 2 aliphatic carbocycles. The number of rotatable bonds is 5. The van der Waals surface area contributed by atoms with Crippen molar-refractivity contribution in [3.8, 4) is 11.8 Å². The molecule has 1 aromatic rings. The maximum absolute atomic E-state index is 13.1. The number of nitriles is 1. The summed E-state index contributed by atoms with van der Waals surface area (Å²) in [7, 11) is 0. The molecule has 0 spiro atoms. The maximum Gasteiger partial charge on any atom is 0.174 e. The highest BCUT2D eigenvalue weighted by atomic mass is 16.5. The van der Waals surface area contributed by atoms with Gasteiger partial charge in [-0.15, -0.1) is 0 Å². The van der Waals surface area contributed by atoms with Gasteiger partial charge in [-0.25, -0.2) is 0 Å². The Morgan fingerprint density at radius 3 is 2.06 bits per heavy atom. The van der Waals surface area contributed by atoms with Crippen LogP contribution < -0.4 is 4.74 Å². The van der Waals surface area contributed by atoms with Gasteiger partial charge in [0.25, 0.3) is 0 Å². The van der Waals surface area contributed by atoms with E-state index >= 15 is 0 Å². The molecule has 6 heteroatoms. The van der Waals surface area contributed by atoms with Gasteiger partial charge in [0.15, 0.2) is 12.4 Å². The predicted molar refractivity (Wildman–Crippen MR) is 114 cm³/mol. The van der Waals surface area contributed by atoms with Crippen molar-refractivity contribution in [2.45, 2.75) is 59.3 Å². The molecule has 3 rings (SSSR count). The third-order valence-electron chi connectivity index (χ3n) is 6.08. The van der Waals surface area contributed by atoms with Crippen LogP contribution in [-0.2, 0) is 14.4 Å². The molecule has 31 heavy (non-hydrogen) atoms. The Hall–Kier alpha value is -2.94. The highest BCUT2D eigenvalue weighted by Crippen LogP contribution is 2.47. The SMILES string of the molecule is CC1(C)CC(=O)C([C@@H](C2=C(O)CC(C)(C)CC2=O)c2ccc(OCC#N)cc2)C(=O)C1. The topological polar surface area (TPSA) is 104 Å². The van der Waals surface area contributed by atoms with Crippen LogP contribution in [0.4, 0.5) is 0 Å². The number of aliphatic hydroxyl groups excluding tert-OH is 1. The molecule has 0 aliphatic heterocycles. The van der Waals surface area contributed by atoms with Gasteiger partial charge in [-0.2, -0.15) is 5.26 Å². The van der Waals surface area contributed by atoms with Crippen molar-refractivity contribution in [3.05, 3.63) is 41.2 Å². The molecule has 1 atom stereocenters. The molecular formula is C25H29NO5. The largest absolute Gasteiger partial charge is 0.512 e. The lowest BCUT2D eigenvalue weighted by Gasteiger charge is -2.39. The lowest BCUT2D eigenvalue weighted by atomic mass is 9.62. The van der Waals surface area contributed by atoms with Gasteiger partial charge < -0.3 is 9.84 Å². The second kappa shape index (κ2) is 8.30. The highest BCUT2D eigenvalue weighted by Gasteiger charge is 2.48. The van der Waals surface area contributed by atoms with Crippen LogP contribution >= 0.6 is 0 Å². The molecule has 1 N–H and O–H groups in total. The Labute approximate surface area is 182 Å². The van der Waals surface area contributed by atoms with E-state index in [0.717, 1.165) is 0 Å². The van der Waals surface area contributed by atoms with Crippen molar-refractivity contribution in [1.29, 1.82) is 5.26 Å². The van der Waals surface area contributed by atoms with E-state index in [-0.39, 0.29) is 60.0 Å². The molecule has 0 bridgehead atoms. The lowest BCUT2D eigenvalue weighted by Crippen LogP contribution is -2.43. The number of carbonyl (C=O) groups is 3. The molecule has 1 saturated carbocycles. The number of allylic oxidation sites excluding steroid dienone is 2. The first kappa shape index (κ1) is 22.7. The summed E-state index contributed by atoms with van der Waals surface area (Å²) in [5.41, 5.74) is -0.0202. The van der Waals surface area contributed by atoms with E-state index in [1.807, 2.05) is 33.8 Å². The smallest absolute Gasteiger partial charge is 0.174 e. The van der Waals surface area contributed by atoms with E-state index in [2.05, 4.69) is 0 Å². The normalized spacial score (nSPS) is 22.2. The van der Waals surface area contributed by atoms with Gasteiger partial charge in [0.1, 0.15) is 29.1 Å². The highest BCUT2D eigenvalue weighted by molar-refractivity contribution is 6.09. The number of Topliss-reactive ketones (excluding diaryl/α,β-unsaturated/α-hetero) is 3. The first-order valence-corrected chi connectivity index (χ1v) is 10.5. The number of benzene rings is 1. The van der Waals surface area contributed by atoms with Crippen LogP contribution in [0.2, 0.25) is 0 Å². The summed E-state index contributed by atoms with van der Waals surface area (Å²) >= 11 is 0. The van der Waals surface area contributed by atoms with Gasteiger partial charge in [-0.1, -0.05) is 39.8 Å². The minimum Gasteiger partial charge on any atom is -0.512 e. The summed E-state index contributed by atoms with van der Waals surface area (Å²) in [5, 5.41) is 19.5. The van der Waals surface area contributed by atoms with E-state index < -0.39 is 17.3 Å². The zero-order valence-corrected chi connectivity index (χ0v) is 18.5. The third-order valence-corrected chi connectivity index (χ3v) is 6.08. The standard InChI is InChI=1S/C25H29NO5/c1-24(2)11-17(27)22(18(28)12-24)21(15-5-7-16(8-6-15)31-10-9-26)23-19(29)13-25(3,4)14-20(23)30/h5-8,21-22,29H,10-14H2,1-4H3/t21-/m0/s1. The number of hydrogen-bond acceptors (Lipinski definition) is 6. The van der Waals surface area contributed by atoms with Crippen LogP contribution in [0, 0.1) is 28.1 Å². The summed E-state index contributed by atoms with van der Waals surface area (Å²) in [6.07, 6.45) is 1.05. The monoisotopic (exact) mass is 423 g/mol. The van der Waals surface area contributed by atoms with Crippen LogP contribution in [0.3, 0.4) is 0 Å². The number of hydrogen-bond donors (Lipinski definition) is 1. The summed E-state index contributed by atoms with van der Waals surface area (Å²) in [6.45, 7) is 7.50. The Kier molecular flexibility index (Phi) is 6.09. The summed E-state index contributed by atoms with van der Waals surface area (Å²) in [6, 6.07) is 8.60. The van der Waals surface area contributed by atoms with Crippen molar-refractivity contribution in [1.82, 2.24) is 0 Å². The van der Waals surface area contributed by atoms with Crippen molar-refractivity contribution < 1.29 is 24.2 Å². The van der Waals surface area contributed by atoms with Crippen molar-refractivity contribution >= 4 is 17.3 Å². The molecule has 0 amide bonds. The first-order valence-electron chi connectivity index (χ1n) is 10.5. The van der Waals surface area contributed by atoms with Gasteiger partial charge in [0.05, 0.1) is 5.92 Å². The number of ketones is 3. The van der Waals surface area contributed by atoms with Gasteiger partial charge in [-0.3, -0.25) is 14.4 Å². The van der Waals surface area contributed by atoms with Crippen molar-refractivity contribution in [2.75, 3.05) is 6.61 Å². The van der Waals surface area contributed by atoms with Crippen LogP contribution in [0.1, 0.15) is 64.9 Å². The first-order chi connectivity index (χ1) is 14.4. The molecule has 6 nitrogen and oxygen atoms in total. The van der Waals surface area contributed by atoms with E-state index in [1.54, 1.807) is 24.3 Å². The molecule has 1 fully saturated rings. The molecule has 0 heterocycles. The van der Waals surface area contributed by atoms with E-state index in [4.69, 9.17) is 10.00 Å². The zero-order chi connectivity index (χ0) is 23.0. The number of nitrogens with zero attached hydrogens (tertiary/aromatic N) is 1. The number of ether oxygens (including phenoxy) is 1. The van der Waals surface area contributed by atoms with E-state index in [0.29, 0.717) is 17.7 Å². The summed E-state index contributed by atoms with van der Waals surface area (Å²) in [5.74, 6) is -2.02. The maximum atomic E-state index is 13.1. The molecule has 164 valence electrons. The molecule has 0 unspecified atom stereocenters. The van der Waals surface area contributed by atoms with Crippen LogP contribution in [0.15, 0.2) is 35.6 Å². The molecular weight excluding hydrogens is 394 g/mol. The van der Waals surface area contributed by atoms with Gasteiger partial charge in [-0.05, 0) is 28.5 Å². The van der Waals surface area contributed by atoms with Crippen molar-refractivity contribution in [2.24, 2.45) is 16.7 Å². The fourth-order valence-corrected chi connectivity index (χ4v) is 4.84. The minimum absolute atomic E-state index is 0.0403. The molecule has 2 aliphatic rings. The Morgan fingerprint density at radius 2 is 1.55 bits per heavy atom. The zero-order valence-electron chi connectivity index (χ0n) is 18.5. The van der Waals surface area contributed by atoms with Gasteiger partial charge in [0.2, 0.25) is 0 Å². The second-order valence-electron chi connectivity index (χ2n) is 10.2. The predicted octanol–water partition coefficient (Wildman–Crippen LogP) is 4.45. The fourth-order valence-electron chi connectivity index (χ4n) is 4.84. The molecule has 0 saturated heterocycles. The second-order valence-corrected chi connectivity index (χ2v) is 10.2. The quantitative estimate of drug-likeness (QED) is 0.702. The average molecular weight is 424 g/mol. The Balaban J connectivity index is 2.09. The van der Waals surface area contributed by atoms with Crippen LogP contribution in [0.5, 0.6) is 5.75 Å². The van der Waals surface area contributed by atoms with Crippen LogP contribution in [-0.4, -0.2) is 29.1 Å². The average Bonchev–Trinajstić information content (AvgIpc) is 2.62. The van der Waals surface area contributed by atoms with Crippen molar-refractivity contribution in [3.63, 3.8) is 0 Å². The number of carbonyl (C=O) groups excluding carboxylic acids is 3. The van der Waals surface area contributed by atoms with Gasteiger partial charge >= 0.3 is 0 Å². The lowest BCUT2D eigenvalue weighted by molar-refractivity contribution is -0.140. The minimum atomic E-state index is -0.999. The Bertz CT molecular complexity index is 958. The molecule has 0 radical (unpaired) electrons. The Morgan fingerprint density at radius 1 is 1.00 bits per heavy atom. The number of aliphatic hydroxyl groups is 1.